The first kappa shape index (κ1) is 9.50. The lowest BCUT2D eigenvalue weighted by Gasteiger charge is -2.41. The fraction of sp³-hybridized carbons (Fsp3) is 0.889. The van der Waals surface area contributed by atoms with E-state index in [-0.39, 0.29) is 0 Å². The third-order valence-corrected chi connectivity index (χ3v) is 2.81. The summed E-state index contributed by atoms with van der Waals surface area (Å²) in [6, 6.07) is 3.57. The van der Waals surface area contributed by atoms with Crippen molar-refractivity contribution < 1.29 is 0 Å². The van der Waals surface area contributed by atoms with E-state index in [0.29, 0.717) is 24.5 Å². The highest BCUT2D eigenvalue weighted by Crippen LogP contribution is 2.24. The molecule has 0 aromatic carbocycles. The molecule has 0 amide bonds. The summed E-state index contributed by atoms with van der Waals surface area (Å²) in [5, 5.41) is 8.51. The standard InChI is InChI=1S/C9H17N3/c1-7(3-4-10)12(2)9-5-8(11)6-9/h7-9H,3,5-6,11H2,1-2H3. The number of hydrogen-bond donors (Lipinski definition) is 1. The summed E-state index contributed by atoms with van der Waals surface area (Å²) in [5.74, 6) is 0. The van der Waals surface area contributed by atoms with E-state index in [0.717, 1.165) is 12.8 Å². The van der Waals surface area contributed by atoms with Gasteiger partial charge in [0.1, 0.15) is 0 Å². The quantitative estimate of drug-likeness (QED) is 0.673. The predicted molar refractivity (Wildman–Crippen MR) is 48.5 cm³/mol. The van der Waals surface area contributed by atoms with Gasteiger partial charge < -0.3 is 5.73 Å². The number of hydrogen-bond acceptors (Lipinski definition) is 3. The van der Waals surface area contributed by atoms with Crippen molar-refractivity contribution in [2.45, 2.75) is 44.3 Å². The van der Waals surface area contributed by atoms with Gasteiger partial charge >= 0.3 is 0 Å². The van der Waals surface area contributed by atoms with Crippen LogP contribution in [0.25, 0.3) is 0 Å². The minimum atomic E-state index is 0.368. The first-order valence-electron chi connectivity index (χ1n) is 4.49. The Labute approximate surface area is 74.1 Å². The van der Waals surface area contributed by atoms with Crippen LogP contribution in [0.4, 0.5) is 0 Å². The van der Waals surface area contributed by atoms with Crippen LogP contribution < -0.4 is 5.73 Å². The Morgan fingerprint density at radius 1 is 1.67 bits per heavy atom. The highest BCUT2D eigenvalue weighted by Gasteiger charge is 2.30. The smallest absolute Gasteiger partial charge is 0.0638 e. The summed E-state index contributed by atoms with van der Waals surface area (Å²) in [6.07, 6.45) is 2.79. The van der Waals surface area contributed by atoms with Crippen LogP contribution in [0.2, 0.25) is 0 Å². The lowest BCUT2D eigenvalue weighted by molar-refractivity contribution is 0.104. The highest BCUT2D eigenvalue weighted by molar-refractivity contribution is 4.91. The molecule has 0 saturated heterocycles. The summed E-state index contributed by atoms with van der Waals surface area (Å²) in [6.45, 7) is 2.09. The Morgan fingerprint density at radius 2 is 2.25 bits per heavy atom. The minimum absolute atomic E-state index is 0.368. The van der Waals surface area contributed by atoms with E-state index in [1.165, 1.54) is 0 Å². The molecule has 2 N–H and O–H groups in total. The van der Waals surface area contributed by atoms with Crippen LogP contribution in [-0.2, 0) is 0 Å². The van der Waals surface area contributed by atoms with E-state index in [1.807, 2.05) is 0 Å². The zero-order chi connectivity index (χ0) is 9.14. The zero-order valence-electron chi connectivity index (χ0n) is 7.83. The third-order valence-electron chi connectivity index (χ3n) is 2.81. The van der Waals surface area contributed by atoms with Crippen LogP contribution in [-0.4, -0.2) is 30.1 Å². The molecule has 0 spiro atoms. The first-order valence-corrected chi connectivity index (χ1v) is 4.49. The van der Waals surface area contributed by atoms with Gasteiger partial charge in [0.2, 0.25) is 0 Å². The van der Waals surface area contributed by atoms with Gasteiger partial charge in [0.25, 0.3) is 0 Å². The number of rotatable bonds is 3. The van der Waals surface area contributed by atoms with Crippen LogP contribution in [0.3, 0.4) is 0 Å². The molecule has 3 heteroatoms. The second kappa shape index (κ2) is 3.88. The molecular formula is C9H17N3. The molecule has 0 heterocycles. The van der Waals surface area contributed by atoms with Crippen molar-refractivity contribution in [2.75, 3.05) is 7.05 Å². The molecule has 1 aliphatic carbocycles. The highest BCUT2D eigenvalue weighted by atomic mass is 15.2. The molecule has 1 unspecified atom stereocenters. The molecule has 68 valence electrons. The van der Waals surface area contributed by atoms with E-state index in [2.05, 4.69) is 24.9 Å². The Morgan fingerprint density at radius 3 is 2.67 bits per heavy atom. The van der Waals surface area contributed by atoms with E-state index >= 15 is 0 Å². The van der Waals surface area contributed by atoms with Crippen LogP contribution >= 0.6 is 0 Å². The Hall–Kier alpha value is -0.590. The van der Waals surface area contributed by atoms with Crippen molar-refractivity contribution >= 4 is 0 Å². The lowest BCUT2D eigenvalue weighted by atomic mass is 9.86. The van der Waals surface area contributed by atoms with Gasteiger partial charge in [-0.2, -0.15) is 5.26 Å². The summed E-state index contributed by atoms with van der Waals surface area (Å²) in [7, 11) is 2.08. The second-order valence-corrected chi connectivity index (χ2v) is 3.76. The molecule has 3 nitrogen and oxygen atoms in total. The van der Waals surface area contributed by atoms with Gasteiger partial charge in [0, 0.05) is 18.1 Å². The van der Waals surface area contributed by atoms with Crippen LogP contribution in [0, 0.1) is 11.3 Å². The third kappa shape index (κ3) is 1.96. The molecular weight excluding hydrogens is 150 g/mol. The average Bonchev–Trinajstić information content (AvgIpc) is 1.98. The maximum atomic E-state index is 8.51. The molecule has 1 aliphatic rings. The van der Waals surface area contributed by atoms with E-state index in [4.69, 9.17) is 11.0 Å². The molecule has 0 bridgehead atoms. The Bertz CT molecular complexity index is 179. The fourth-order valence-corrected chi connectivity index (χ4v) is 1.60. The largest absolute Gasteiger partial charge is 0.328 e. The van der Waals surface area contributed by atoms with Gasteiger partial charge in [-0.3, -0.25) is 4.90 Å². The second-order valence-electron chi connectivity index (χ2n) is 3.76. The van der Waals surface area contributed by atoms with E-state index < -0.39 is 0 Å². The molecule has 0 aliphatic heterocycles. The van der Waals surface area contributed by atoms with Crippen molar-refractivity contribution in [3.63, 3.8) is 0 Å². The molecule has 1 atom stereocenters. The molecule has 1 fully saturated rings. The van der Waals surface area contributed by atoms with Crippen molar-refractivity contribution in [2.24, 2.45) is 5.73 Å². The minimum Gasteiger partial charge on any atom is -0.328 e. The molecule has 1 rings (SSSR count). The van der Waals surface area contributed by atoms with Gasteiger partial charge in [-0.25, -0.2) is 0 Å². The molecule has 12 heavy (non-hydrogen) atoms. The monoisotopic (exact) mass is 167 g/mol. The van der Waals surface area contributed by atoms with Crippen LogP contribution in [0.5, 0.6) is 0 Å². The normalized spacial score (nSPS) is 30.9. The molecule has 0 aromatic heterocycles. The maximum Gasteiger partial charge on any atom is 0.0638 e. The maximum absolute atomic E-state index is 8.51. The SMILES string of the molecule is CC(CC#N)N(C)C1CC(N)C1. The predicted octanol–water partition coefficient (Wildman–Crippen LogP) is 0.710. The summed E-state index contributed by atoms with van der Waals surface area (Å²) < 4.78 is 0. The van der Waals surface area contributed by atoms with Gasteiger partial charge in [0.05, 0.1) is 12.5 Å². The van der Waals surface area contributed by atoms with Crippen molar-refractivity contribution in [3.05, 3.63) is 0 Å². The van der Waals surface area contributed by atoms with E-state index in [9.17, 15) is 0 Å². The average molecular weight is 167 g/mol. The van der Waals surface area contributed by atoms with Crippen LogP contribution in [0.15, 0.2) is 0 Å². The fourth-order valence-electron chi connectivity index (χ4n) is 1.60. The summed E-state index contributed by atoms with van der Waals surface area (Å²) >= 11 is 0. The number of nitriles is 1. The van der Waals surface area contributed by atoms with Gasteiger partial charge in [-0.15, -0.1) is 0 Å². The lowest BCUT2D eigenvalue weighted by Crippen LogP contribution is -2.51. The van der Waals surface area contributed by atoms with E-state index in [1.54, 1.807) is 0 Å². The van der Waals surface area contributed by atoms with Crippen molar-refractivity contribution in [3.8, 4) is 6.07 Å². The molecule has 0 aromatic rings. The number of nitrogens with two attached hydrogens (primary N) is 1. The number of nitrogens with zero attached hydrogens (tertiary/aromatic N) is 2. The molecule has 1 saturated carbocycles. The van der Waals surface area contributed by atoms with Gasteiger partial charge in [0.15, 0.2) is 0 Å². The Kier molecular flexibility index (Phi) is 3.07. The summed E-state index contributed by atoms with van der Waals surface area (Å²) in [4.78, 5) is 2.27. The zero-order valence-corrected chi connectivity index (χ0v) is 7.83. The first-order chi connectivity index (χ1) is 5.65. The topological polar surface area (TPSA) is 53.0 Å². The van der Waals surface area contributed by atoms with Crippen LogP contribution in [0.1, 0.15) is 26.2 Å². The van der Waals surface area contributed by atoms with Crippen molar-refractivity contribution in [1.29, 1.82) is 5.26 Å². The van der Waals surface area contributed by atoms with Gasteiger partial charge in [-0.05, 0) is 26.8 Å². The Balaban J connectivity index is 2.28. The molecule has 0 radical (unpaired) electrons. The van der Waals surface area contributed by atoms with Crippen molar-refractivity contribution in [1.82, 2.24) is 4.90 Å². The summed E-state index contributed by atoms with van der Waals surface area (Å²) in [5.41, 5.74) is 5.69. The van der Waals surface area contributed by atoms with Gasteiger partial charge in [-0.1, -0.05) is 0 Å².